The minimum atomic E-state index is -0.920. The molecule has 2 aliphatic rings. The summed E-state index contributed by atoms with van der Waals surface area (Å²) in [6, 6.07) is 8.86. The normalized spacial score (nSPS) is 19.3. The Kier molecular flexibility index (Phi) is 5.09. The summed E-state index contributed by atoms with van der Waals surface area (Å²) in [5.41, 5.74) is 3.52. The lowest BCUT2D eigenvalue weighted by Gasteiger charge is -2.15. The smallest absolute Gasteiger partial charge is 0.274 e. The molecule has 1 aliphatic heterocycles. The van der Waals surface area contributed by atoms with Gasteiger partial charge in [-0.1, -0.05) is 17.3 Å². The predicted octanol–water partition coefficient (Wildman–Crippen LogP) is 4.01. The first-order chi connectivity index (χ1) is 17.0. The van der Waals surface area contributed by atoms with Crippen molar-refractivity contribution in [2.45, 2.75) is 38.3 Å². The molecule has 4 heterocycles. The number of anilines is 1. The molecule has 6 rings (SSSR count). The van der Waals surface area contributed by atoms with E-state index in [1.807, 2.05) is 24.0 Å². The first kappa shape index (κ1) is 21.5. The molecule has 10 heteroatoms. The number of nitrogens with zero attached hydrogens (tertiary/aromatic N) is 5. The first-order valence-electron chi connectivity index (χ1n) is 11.6. The van der Waals surface area contributed by atoms with Gasteiger partial charge in [0, 0.05) is 36.1 Å². The molecule has 2 amide bonds. The maximum absolute atomic E-state index is 13.3. The van der Waals surface area contributed by atoms with Gasteiger partial charge in [-0.15, -0.1) is 0 Å². The number of hydrogen-bond acceptors (Lipinski definition) is 6. The van der Waals surface area contributed by atoms with Crippen molar-refractivity contribution in [3.05, 3.63) is 65.4 Å². The minimum absolute atomic E-state index is 0.0141. The van der Waals surface area contributed by atoms with Crippen molar-refractivity contribution in [1.29, 1.82) is 0 Å². The van der Waals surface area contributed by atoms with E-state index in [-0.39, 0.29) is 17.7 Å². The lowest BCUT2D eigenvalue weighted by molar-refractivity contribution is 0.0792. The van der Waals surface area contributed by atoms with Crippen LogP contribution in [0.5, 0.6) is 0 Å². The first-order valence-corrected chi connectivity index (χ1v) is 11.6. The molecule has 35 heavy (non-hydrogen) atoms. The summed E-state index contributed by atoms with van der Waals surface area (Å²) in [4.78, 5) is 36.3. The summed E-state index contributed by atoms with van der Waals surface area (Å²) in [6.07, 6.45) is 4.72. The fourth-order valence-electron chi connectivity index (χ4n) is 4.39. The van der Waals surface area contributed by atoms with Gasteiger partial charge in [0.25, 0.3) is 11.8 Å². The quantitative estimate of drug-likeness (QED) is 0.469. The Morgan fingerprint density at radius 3 is 2.74 bits per heavy atom. The van der Waals surface area contributed by atoms with Crippen LogP contribution in [0.15, 0.2) is 47.2 Å². The number of pyridine rings is 1. The van der Waals surface area contributed by atoms with Crippen LogP contribution in [-0.4, -0.2) is 55.5 Å². The number of aryl methyl sites for hydroxylation is 1. The van der Waals surface area contributed by atoms with Crippen molar-refractivity contribution in [3.8, 4) is 11.4 Å². The van der Waals surface area contributed by atoms with Crippen molar-refractivity contribution >= 4 is 23.1 Å². The number of fused-ring (bicyclic) bond motifs is 1. The number of amides is 2. The molecule has 178 valence electrons. The highest BCUT2D eigenvalue weighted by Crippen LogP contribution is 2.43. The van der Waals surface area contributed by atoms with E-state index < -0.39 is 6.17 Å². The molecular formula is C25H23FN6O3. The molecule has 0 bridgehead atoms. The highest BCUT2D eigenvalue weighted by molar-refractivity contribution is 6.04. The van der Waals surface area contributed by atoms with Gasteiger partial charge >= 0.3 is 0 Å². The van der Waals surface area contributed by atoms with Crippen LogP contribution < -0.4 is 5.32 Å². The van der Waals surface area contributed by atoms with Crippen LogP contribution in [0.25, 0.3) is 17.0 Å². The summed E-state index contributed by atoms with van der Waals surface area (Å²) >= 11 is 0. The van der Waals surface area contributed by atoms with E-state index in [2.05, 4.69) is 20.4 Å². The van der Waals surface area contributed by atoms with E-state index in [9.17, 15) is 14.0 Å². The maximum atomic E-state index is 13.3. The highest BCUT2D eigenvalue weighted by atomic mass is 19.1. The number of rotatable bonds is 5. The zero-order chi connectivity index (χ0) is 24.1. The molecule has 2 fully saturated rings. The van der Waals surface area contributed by atoms with Gasteiger partial charge in [0.2, 0.25) is 11.7 Å². The molecule has 1 saturated carbocycles. The lowest BCUT2D eigenvalue weighted by atomic mass is 10.1. The Morgan fingerprint density at radius 1 is 1.17 bits per heavy atom. The summed E-state index contributed by atoms with van der Waals surface area (Å²) in [6.45, 7) is 3.42. The standard InChI is InChI=1S/C25H23FN6O3/c1-14-4-5-15(22-29-24(35-30-22)17-12-18(17)26)10-19(14)28-23(33)20-13-27-21-11-16(6-9-32(20)21)25(34)31-7-2-3-8-31/h4-6,9-11,13,17-18H,2-3,7-8,12H2,1H3,(H,28,33)/t17-,18-/m0/s1. The molecule has 1 aliphatic carbocycles. The molecule has 0 unspecified atom stereocenters. The van der Waals surface area contributed by atoms with Crippen molar-refractivity contribution in [1.82, 2.24) is 24.4 Å². The Hall–Kier alpha value is -4.08. The third-order valence-corrected chi connectivity index (χ3v) is 6.60. The van der Waals surface area contributed by atoms with Crippen LogP contribution >= 0.6 is 0 Å². The van der Waals surface area contributed by atoms with E-state index in [4.69, 9.17) is 4.52 Å². The highest BCUT2D eigenvalue weighted by Gasteiger charge is 2.43. The average Bonchev–Trinajstić information content (AvgIpc) is 3.35. The van der Waals surface area contributed by atoms with Gasteiger partial charge < -0.3 is 14.7 Å². The molecule has 3 aromatic heterocycles. The van der Waals surface area contributed by atoms with Crippen LogP contribution in [0.2, 0.25) is 0 Å². The Labute approximate surface area is 200 Å². The number of carbonyl (C=O) groups is 2. The second kappa shape index (κ2) is 8.30. The van der Waals surface area contributed by atoms with Gasteiger partial charge in [-0.05, 0) is 49.9 Å². The van der Waals surface area contributed by atoms with Gasteiger partial charge in [0.1, 0.15) is 17.5 Å². The van der Waals surface area contributed by atoms with Crippen LogP contribution in [0.4, 0.5) is 10.1 Å². The predicted molar refractivity (Wildman–Crippen MR) is 125 cm³/mol. The number of benzene rings is 1. The number of nitrogens with one attached hydrogen (secondary N) is 1. The summed E-state index contributed by atoms with van der Waals surface area (Å²) in [5, 5.41) is 6.89. The van der Waals surface area contributed by atoms with Crippen molar-refractivity contribution in [2.24, 2.45) is 0 Å². The summed E-state index contributed by atoms with van der Waals surface area (Å²) < 4.78 is 20.2. The third-order valence-electron chi connectivity index (χ3n) is 6.60. The van der Waals surface area contributed by atoms with Crippen LogP contribution in [0.1, 0.15) is 57.5 Å². The molecule has 1 N–H and O–H groups in total. The summed E-state index contributed by atoms with van der Waals surface area (Å²) in [7, 11) is 0. The Balaban J connectivity index is 1.23. The van der Waals surface area contributed by atoms with Gasteiger partial charge in [-0.3, -0.25) is 14.0 Å². The molecule has 1 aromatic carbocycles. The Morgan fingerprint density at radius 2 is 1.97 bits per heavy atom. The van der Waals surface area contributed by atoms with Gasteiger partial charge in [-0.2, -0.15) is 4.98 Å². The van der Waals surface area contributed by atoms with Crippen LogP contribution in [0, 0.1) is 6.92 Å². The molecule has 9 nitrogen and oxygen atoms in total. The monoisotopic (exact) mass is 474 g/mol. The topological polar surface area (TPSA) is 106 Å². The fraction of sp³-hybridized carbons (Fsp3) is 0.320. The number of aromatic nitrogens is 4. The molecular weight excluding hydrogens is 451 g/mol. The number of alkyl halides is 1. The number of likely N-dealkylation sites (tertiary alicyclic amines) is 1. The number of imidazole rings is 1. The Bertz CT molecular complexity index is 1450. The van der Waals surface area contributed by atoms with Crippen molar-refractivity contribution in [2.75, 3.05) is 18.4 Å². The second-order valence-electron chi connectivity index (χ2n) is 9.08. The van der Waals surface area contributed by atoms with E-state index >= 15 is 0 Å². The van der Waals surface area contributed by atoms with E-state index in [1.54, 1.807) is 28.8 Å². The van der Waals surface area contributed by atoms with Crippen LogP contribution in [0.3, 0.4) is 0 Å². The minimum Gasteiger partial charge on any atom is -0.339 e. The molecule has 0 radical (unpaired) electrons. The van der Waals surface area contributed by atoms with Gasteiger partial charge in [0.15, 0.2) is 0 Å². The summed E-state index contributed by atoms with van der Waals surface area (Å²) in [5.74, 6) is -0.0306. The van der Waals surface area contributed by atoms with Crippen molar-refractivity contribution < 1.29 is 18.5 Å². The van der Waals surface area contributed by atoms with Crippen molar-refractivity contribution in [3.63, 3.8) is 0 Å². The lowest BCUT2D eigenvalue weighted by Crippen LogP contribution is -2.27. The van der Waals surface area contributed by atoms with E-state index in [1.165, 1.54) is 6.20 Å². The largest absolute Gasteiger partial charge is 0.339 e. The van der Waals surface area contributed by atoms with Gasteiger partial charge in [0.05, 0.1) is 12.1 Å². The fourth-order valence-corrected chi connectivity index (χ4v) is 4.39. The zero-order valence-electron chi connectivity index (χ0n) is 19.1. The van der Waals surface area contributed by atoms with Crippen LogP contribution in [-0.2, 0) is 0 Å². The number of carbonyl (C=O) groups excluding carboxylic acids is 2. The molecule has 0 spiro atoms. The SMILES string of the molecule is Cc1ccc(-c2noc([C@H]3C[C@@H]3F)n2)cc1NC(=O)c1cnc2cc(C(=O)N3CCCC3)ccn12. The van der Waals surface area contributed by atoms with E-state index in [0.29, 0.717) is 46.3 Å². The third kappa shape index (κ3) is 3.94. The molecule has 1 saturated heterocycles. The van der Waals surface area contributed by atoms with Gasteiger partial charge in [-0.25, -0.2) is 9.37 Å². The average molecular weight is 474 g/mol. The molecule has 4 aromatic rings. The van der Waals surface area contributed by atoms with E-state index in [0.717, 1.165) is 31.5 Å². The maximum Gasteiger partial charge on any atom is 0.274 e. The number of halogens is 1. The zero-order valence-corrected chi connectivity index (χ0v) is 19.1. The molecule has 2 atom stereocenters. The number of hydrogen-bond donors (Lipinski definition) is 1. The second-order valence-corrected chi connectivity index (χ2v) is 9.08.